The fourth-order valence-electron chi connectivity index (χ4n) is 1.45. The van der Waals surface area contributed by atoms with E-state index in [1.54, 1.807) is 18.5 Å². The average molecular weight is 204 g/mol. The molecule has 5 nitrogen and oxygen atoms in total. The molecule has 78 valence electrons. The Kier molecular flexibility index (Phi) is 2.71. The standard InChI is InChI=1S/C10H12N4O/c1-2-4-7-10(15)14-9(13-7)8-11-5-3-6-12-8/h3,5-7H,2,4H2,1H3,(H,13,14,15). The summed E-state index contributed by atoms with van der Waals surface area (Å²) in [7, 11) is 0. The van der Waals surface area contributed by atoms with E-state index in [4.69, 9.17) is 0 Å². The quantitative estimate of drug-likeness (QED) is 0.780. The normalized spacial score (nSPS) is 19.9. The van der Waals surface area contributed by atoms with Crippen LogP contribution < -0.4 is 5.32 Å². The molecule has 0 aliphatic carbocycles. The van der Waals surface area contributed by atoms with Gasteiger partial charge in [-0.15, -0.1) is 0 Å². The molecule has 2 rings (SSSR count). The van der Waals surface area contributed by atoms with Gasteiger partial charge in [0.25, 0.3) is 0 Å². The Morgan fingerprint density at radius 3 is 2.80 bits per heavy atom. The van der Waals surface area contributed by atoms with Gasteiger partial charge in [0.2, 0.25) is 5.91 Å². The molecule has 15 heavy (non-hydrogen) atoms. The first-order valence-electron chi connectivity index (χ1n) is 4.97. The third kappa shape index (κ3) is 2.01. The molecule has 0 saturated heterocycles. The average Bonchev–Trinajstić information content (AvgIpc) is 2.63. The summed E-state index contributed by atoms with van der Waals surface area (Å²) in [5.74, 6) is 0.905. The number of carbonyl (C=O) groups excluding carboxylic acids is 1. The van der Waals surface area contributed by atoms with Gasteiger partial charge in [-0.25, -0.2) is 9.97 Å². The van der Waals surface area contributed by atoms with E-state index in [0.717, 1.165) is 12.8 Å². The predicted molar refractivity (Wildman–Crippen MR) is 55.4 cm³/mol. The number of amidine groups is 1. The van der Waals surface area contributed by atoms with Crippen molar-refractivity contribution >= 4 is 11.7 Å². The van der Waals surface area contributed by atoms with Crippen molar-refractivity contribution in [3.63, 3.8) is 0 Å². The highest BCUT2D eigenvalue weighted by Gasteiger charge is 2.26. The van der Waals surface area contributed by atoms with E-state index >= 15 is 0 Å². The largest absolute Gasteiger partial charge is 0.306 e. The van der Waals surface area contributed by atoms with Crippen molar-refractivity contribution in [1.82, 2.24) is 15.3 Å². The van der Waals surface area contributed by atoms with Gasteiger partial charge in [0.1, 0.15) is 6.04 Å². The molecule has 1 aromatic rings. The van der Waals surface area contributed by atoms with E-state index in [0.29, 0.717) is 11.7 Å². The van der Waals surface area contributed by atoms with Crippen molar-refractivity contribution in [2.24, 2.45) is 4.99 Å². The highest BCUT2D eigenvalue weighted by atomic mass is 16.2. The summed E-state index contributed by atoms with van der Waals surface area (Å²) >= 11 is 0. The van der Waals surface area contributed by atoms with E-state index in [1.165, 1.54) is 0 Å². The lowest BCUT2D eigenvalue weighted by atomic mass is 10.2. The first-order valence-corrected chi connectivity index (χ1v) is 4.97. The lowest BCUT2D eigenvalue weighted by Crippen LogP contribution is -2.30. The van der Waals surface area contributed by atoms with Gasteiger partial charge in [-0.2, -0.15) is 0 Å². The monoisotopic (exact) mass is 204 g/mol. The molecular weight excluding hydrogens is 192 g/mol. The fourth-order valence-corrected chi connectivity index (χ4v) is 1.45. The summed E-state index contributed by atoms with van der Waals surface area (Å²) < 4.78 is 0. The maximum atomic E-state index is 11.5. The summed E-state index contributed by atoms with van der Waals surface area (Å²) in [6.45, 7) is 2.03. The Labute approximate surface area is 87.7 Å². The van der Waals surface area contributed by atoms with Crippen molar-refractivity contribution in [2.45, 2.75) is 25.8 Å². The number of aliphatic imine (C=N–C) groups is 1. The number of hydrogen-bond donors (Lipinski definition) is 1. The van der Waals surface area contributed by atoms with Crippen molar-refractivity contribution in [2.75, 3.05) is 0 Å². The number of amides is 1. The Hall–Kier alpha value is -1.78. The molecule has 1 atom stereocenters. The zero-order valence-corrected chi connectivity index (χ0v) is 8.47. The molecule has 0 radical (unpaired) electrons. The summed E-state index contributed by atoms with van der Waals surface area (Å²) in [5.41, 5.74) is 0. The topological polar surface area (TPSA) is 67.2 Å². The number of nitrogens with one attached hydrogen (secondary N) is 1. The van der Waals surface area contributed by atoms with Crippen LogP contribution in [0.15, 0.2) is 23.5 Å². The van der Waals surface area contributed by atoms with E-state index in [2.05, 4.69) is 20.3 Å². The summed E-state index contributed by atoms with van der Waals surface area (Å²) in [6, 6.07) is 1.46. The van der Waals surface area contributed by atoms with Gasteiger partial charge in [0, 0.05) is 12.4 Å². The Balaban J connectivity index is 2.19. The van der Waals surface area contributed by atoms with Crippen LogP contribution in [-0.4, -0.2) is 27.8 Å². The van der Waals surface area contributed by atoms with E-state index < -0.39 is 0 Å². The predicted octanol–water partition coefficient (Wildman–Crippen LogP) is 0.522. The minimum absolute atomic E-state index is 0.0562. The molecule has 5 heteroatoms. The first-order chi connectivity index (χ1) is 7.31. The number of hydrogen-bond acceptors (Lipinski definition) is 4. The van der Waals surface area contributed by atoms with Crippen molar-refractivity contribution in [1.29, 1.82) is 0 Å². The van der Waals surface area contributed by atoms with Crippen molar-refractivity contribution in [3.05, 3.63) is 24.3 Å². The first kappa shape index (κ1) is 9.76. The van der Waals surface area contributed by atoms with Crippen LogP contribution in [-0.2, 0) is 4.79 Å². The van der Waals surface area contributed by atoms with Gasteiger partial charge >= 0.3 is 0 Å². The second kappa shape index (κ2) is 4.16. The molecule has 1 unspecified atom stereocenters. The van der Waals surface area contributed by atoms with Crippen LogP contribution in [0.5, 0.6) is 0 Å². The second-order valence-electron chi connectivity index (χ2n) is 3.34. The highest BCUT2D eigenvalue weighted by Crippen LogP contribution is 2.09. The van der Waals surface area contributed by atoms with Crippen LogP contribution >= 0.6 is 0 Å². The third-order valence-corrected chi connectivity index (χ3v) is 2.17. The Morgan fingerprint density at radius 2 is 2.13 bits per heavy atom. The maximum Gasteiger partial charge on any atom is 0.250 e. The van der Waals surface area contributed by atoms with Crippen LogP contribution in [0.3, 0.4) is 0 Å². The van der Waals surface area contributed by atoms with E-state index in [1.807, 2.05) is 6.92 Å². The molecule has 0 fully saturated rings. The Bertz CT molecular complexity index is 388. The molecule has 0 bridgehead atoms. The summed E-state index contributed by atoms with van der Waals surface area (Å²) in [4.78, 5) is 23.8. The summed E-state index contributed by atoms with van der Waals surface area (Å²) in [6.07, 6.45) is 4.96. The number of nitrogens with zero attached hydrogens (tertiary/aromatic N) is 3. The summed E-state index contributed by atoms with van der Waals surface area (Å²) in [5, 5.41) is 2.69. The van der Waals surface area contributed by atoms with Gasteiger partial charge in [-0.05, 0) is 12.5 Å². The third-order valence-electron chi connectivity index (χ3n) is 2.17. The zero-order chi connectivity index (χ0) is 10.7. The van der Waals surface area contributed by atoms with Crippen LogP contribution in [0.4, 0.5) is 0 Å². The van der Waals surface area contributed by atoms with Gasteiger partial charge in [-0.1, -0.05) is 13.3 Å². The van der Waals surface area contributed by atoms with Crippen LogP contribution in [0.25, 0.3) is 0 Å². The molecular formula is C10H12N4O. The van der Waals surface area contributed by atoms with Gasteiger partial charge < -0.3 is 5.32 Å². The number of aromatic nitrogens is 2. The molecule has 0 spiro atoms. The second-order valence-corrected chi connectivity index (χ2v) is 3.34. The molecule has 1 amide bonds. The van der Waals surface area contributed by atoms with Crippen molar-refractivity contribution < 1.29 is 4.79 Å². The molecule has 1 aliphatic heterocycles. The fraction of sp³-hybridized carbons (Fsp3) is 0.400. The molecule has 0 aromatic carbocycles. The van der Waals surface area contributed by atoms with Gasteiger partial charge in [-0.3, -0.25) is 9.79 Å². The SMILES string of the molecule is CCCC1N=C(c2ncccn2)NC1=O. The molecule has 1 aliphatic rings. The molecule has 2 heterocycles. The lowest BCUT2D eigenvalue weighted by Gasteiger charge is -1.99. The molecule has 0 saturated carbocycles. The lowest BCUT2D eigenvalue weighted by molar-refractivity contribution is -0.120. The van der Waals surface area contributed by atoms with Gasteiger partial charge in [0.15, 0.2) is 11.7 Å². The van der Waals surface area contributed by atoms with Crippen LogP contribution in [0, 0.1) is 0 Å². The molecule has 1 N–H and O–H groups in total. The van der Waals surface area contributed by atoms with E-state index in [9.17, 15) is 4.79 Å². The van der Waals surface area contributed by atoms with Crippen molar-refractivity contribution in [3.8, 4) is 0 Å². The molecule has 1 aromatic heterocycles. The van der Waals surface area contributed by atoms with E-state index in [-0.39, 0.29) is 11.9 Å². The van der Waals surface area contributed by atoms with Crippen LogP contribution in [0.1, 0.15) is 25.6 Å². The van der Waals surface area contributed by atoms with Gasteiger partial charge in [0.05, 0.1) is 0 Å². The minimum atomic E-state index is -0.270. The van der Waals surface area contributed by atoms with Crippen LogP contribution in [0.2, 0.25) is 0 Å². The maximum absolute atomic E-state index is 11.5. The highest BCUT2D eigenvalue weighted by molar-refractivity contribution is 6.11. The Morgan fingerprint density at radius 1 is 1.40 bits per heavy atom. The minimum Gasteiger partial charge on any atom is -0.306 e. The number of rotatable bonds is 3. The number of carbonyl (C=O) groups is 1. The smallest absolute Gasteiger partial charge is 0.250 e. The zero-order valence-electron chi connectivity index (χ0n) is 8.47.